The van der Waals surface area contributed by atoms with E-state index < -0.39 is 0 Å². The maximum absolute atomic E-state index is 11.8. The molecule has 0 bridgehead atoms. The van der Waals surface area contributed by atoms with Crippen molar-refractivity contribution in [2.45, 2.75) is 19.9 Å². The summed E-state index contributed by atoms with van der Waals surface area (Å²) in [6, 6.07) is 5.37. The molecule has 4 nitrogen and oxygen atoms in total. The Hall–Kier alpha value is -0.970. The maximum Gasteiger partial charge on any atom is 0.260 e. The normalized spacial score (nSPS) is 11.4. The van der Waals surface area contributed by atoms with Gasteiger partial charge in [-0.15, -0.1) is 12.4 Å². The summed E-state index contributed by atoms with van der Waals surface area (Å²) in [5.41, 5.74) is 6.34. The summed E-state index contributed by atoms with van der Waals surface area (Å²) in [5, 5.41) is 0.628. The summed E-state index contributed by atoms with van der Waals surface area (Å²) in [6.07, 6.45) is 0. The summed E-state index contributed by atoms with van der Waals surface area (Å²) in [4.78, 5) is 13.4. The number of amides is 1. The fraction of sp³-hybridized carbons (Fsp3) is 0.462. The van der Waals surface area contributed by atoms with Gasteiger partial charge in [-0.05, 0) is 26.0 Å². The van der Waals surface area contributed by atoms with E-state index >= 15 is 0 Å². The molecular formula is C13H20Cl2N2O2. The molecule has 0 saturated carbocycles. The number of hydrogen-bond acceptors (Lipinski definition) is 3. The van der Waals surface area contributed by atoms with E-state index in [4.69, 9.17) is 22.1 Å². The van der Waals surface area contributed by atoms with Gasteiger partial charge in [0.1, 0.15) is 5.75 Å². The Bertz CT molecular complexity index is 427. The molecule has 0 heterocycles. The van der Waals surface area contributed by atoms with Gasteiger partial charge in [-0.25, -0.2) is 0 Å². The second-order valence-electron chi connectivity index (χ2n) is 4.24. The highest BCUT2D eigenvalue weighted by Gasteiger charge is 2.15. The van der Waals surface area contributed by atoms with Crippen LogP contribution < -0.4 is 10.5 Å². The first-order valence-corrected chi connectivity index (χ1v) is 6.18. The Labute approximate surface area is 125 Å². The molecule has 0 aliphatic rings. The molecule has 0 aromatic heterocycles. The average molecular weight is 307 g/mol. The van der Waals surface area contributed by atoms with E-state index in [1.165, 1.54) is 0 Å². The Morgan fingerprint density at radius 2 is 2.16 bits per heavy atom. The minimum atomic E-state index is -0.104. The number of nitrogens with zero attached hydrogens (tertiary/aromatic N) is 1. The smallest absolute Gasteiger partial charge is 0.260 e. The second-order valence-corrected chi connectivity index (χ2v) is 4.65. The third-order valence-corrected chi connectivity index (χ3v) is 3.37. The first-order valence-electron chi connectivity index (χ1n) is 5.81. The predicted molar refractivity (Wildman–Crippen MR) is 80.2 cm³/mol. The summed E-state index contributed by atoms with van der Waals surface area (Å²) < 4.78 is 5.48. The van der Waals surface area contributed by atoms with Gasteiger partial charge in [-0.1, -0.05) is 17.7 Å². The van der Waals surface area contributed by atoms with E-state index in [1.54, 1.807) is 30.1 Å². The van der Waals surface area contributed by atoms with Gasteiger partial charge in [0.2, 0.25) is 0 Å². The zero-order valence-electron chi connectivity index (χ0n) is 11.4. The fourth-order valence-electron chi connectivity index (χ4n) is 1.39. The molecule has 0 saturated heterocycles. The van der Waals surface area contributed by atoms with Gasteiger partial charge in [0.15, 0.2) is 6.61 Å². The van der Waals surface area contributed by atoms with Crippen LogP contribution in [0.25, 0.3) is 0 Å². The van der Waals surface area contributed by atoms with Gasteiger partial charge in [-0.2, -0.15) is 0 Å². The summed E-state index contributed by atoms with van der Waals surface area (Å²) in [5.74, 6) is 0.525. The van der Waals surface area contributed by atoms with Crippen molar-refractivity contribution in [2.24, 2.45) is 5.73 Å². The topological polar surface area (TPSA) is 55.6 Å². The van der Waals surface area contributed by atoms with Crippen LogP contribution >= 0.6 is 24.0 Å². The lowest BCUT2D eigenvalue weighted by atomic mass is 10.2. The van der Waals surface area contributed by atoms with Gasteiger partial charge in [0, 0.05) is 30.2 Å². The molecule has 6 heteroatoms. The number of ether oxygens (including phenoxy) is 1. The van der Waals surface area contributed by atoms with Gasteiger partial charge < -0.3 is 15.4 Å². The van der Waals surface area contributed by atoms with E-state index in [9.17, 15) is 4.79 Å². The van der Waals surface area contributed by atoms with Crippen molar-refractivity contribution >= 4 is 29.9 Å². The number of halogens is 2. The first-order chi connectivity index (χ1) is 8.47. The van der Waals surface area contributed by atoms with Gasteiger partial charge in [0.05, 0.1) is 0 Å². The van der Waals surface area contributed by atoms with Crippen molar-refractivity contribution in [3.63, 3.8) is 0 Å². The van der Waals surface area contributed by atoms with Crippen molar-refractivity contribution in [3.8, 4) is 5.75 Å². The van der Waals surface area contributed by atoms with Crippen molar-refractivity contribution < 1.29 is 9.53 Å². The molecule has 1 rings (SSSR count). The summed E-state index contributed by atoms with van der Waals surface area (Å²) in [6.45, 7) is 4.16. The molecule has 108 valence electrons. The monoisotopic (exact) mass is 306 g/mol. The van der Waals surface area contributed by atoms with E-state index in [1.807, 2.05) is 13.8 Å². The van der Waals surface area contributed by atoms with Gasteiger partial charge >= 0.3 is 0 Å². The largest absolute Gasteiger partial charge is 0.483 e. The lowest BCUT2D eigenvalue weighted by Gasteiger charge is -2.23. The van der Waals surface area contributed by atoms with Crippen LogP contribution in [0.2, 0.25) is 5.02 Å². The van der Waals surface area contributed by atoms with Crippen molar-refractivity contribution in [1.29, 1.82) is 0 Å². The standard InChI is InChI=1S/C13H19ClN2O2.ClH/c1-9(7-15)16(3)13(17)8-18-12-6-4-5-11(14)10(12)2;/h4-6,9H,7-8,15H2,1-3H3;1H. The van der Waals surface area contributed by atoms with Crippen LogP contribution in [-0.4, -0.2) is 37.0 Å². The lowest BCUT2D eigenvalue weighted by Crippen LogP contribution is -2.42. The first kappa shape index (κ1) is 18.0. The minimum absolute atomic E-state index is 0. The Morgan fingerprint density at radius 3 is 2.74 bits per heavy atom. The molecule has 1 unspecified atom stereocenters. The molecule has 0 aliphatic heterocycles. The number of carbonyl (C=O) groups excluding carboxylic acids is 1. The third kappa shape index (κ3) is 4.90. The molecule has 1 amide bonds. The van der Waals surface area contributed by atoms with Crippen LogP contribution in [0.15, 0.2) is 18.2 Å². The molecule has 0 radical (unpaired) electrons. The molecule has 2 N–H and O–H groups in total. The van der Waals surface area contributed by atoms with Crippen molar-refractivity contribution in [3.05, 3.63) is 28.8 Å². The van der Waals surface area contributed by atoms with E-state index in [0.29, 0.717) is 17.3 Å². The van der Waals surface area contributed by atoms with E-state index in [-0.39, 0.29) is 31.0 Å². The molecular weight excluding hydrogens is 287 g/mol. The molecule has 19 heavy (non-hydrogen) atoms. The van der Waals surface area contributed by atoms with Crippen LogP contribution in [0.1, 0.15) is 12.5 Å². The maximum atomic E-state index is 11.8. The fourth-order valence-corrected chi connectivity index (χ4v) is 1.56. The van der Waals surface area contributed by atoms with Crippen LogP contribution in [-0.2, 0) is 4.79 Å². The summed E-state index contributed by atoms with van der Waals surface area (Å²) >= 11 is 5.97. The van der Waals surface area contributed by atoms with Crippen LogP contribution in [0.4, 0.5) is 0 Å². The number of carbonyl (C=O) groups is 1. The highest BCUT2D eigenvalue weighted by atomic mass is 35.5. The zero-order valence-corrected chi connectivity index (χ0v) is 12.9. The zero-order chi connectivity index (χ0) is 13.7. The SMILES string of the molecule is Cc1c(Cl)cccc1OCC(=O)N(C)C(C)CN.Cl. The molecule has 1 atom stereocenters. The van der Waals surface area contributed by atoms with Crippen LogP contribution in [0, 0.1) is 6.92 Å². The lowest BCUT2D eigenvalue weighted by molar-refractivity contribution is -0.133. The highest BCUT2D eigenvalue weighted by molar-refractivity contribution is 6.31. The predicted octanol–water partition coefficient (Wildman–Crippen LogP) is 2.25. The van der Waals surface area contributed by atoms with E-state index in [2.05, 4.69) is 0 Å². The third-order valence-electron chi connectivity index (χ3n) is 2.96. The second kappa shape index (κ2) is 8.25. The van der Waals surface area contributed by atoms with Crippen LogP contribution in [0.5, 0.6) is 5.75 Å². The van der Waals surface area contributed by atoms with E-state index in [0.717, 1.165) is 5.56 Å². The Kier molecular flexibility index (Phi) is 7.83. The number of likely N-dealkylation sites (N-methyl/N-ethyl adjacent to an activating group) is 1. The van der Waals surface area contributed by atoms with Gasteiger partial charge in [-0.3, -0.25) is 4.79 Å². The molecule has 1 aromatic rings. The Balaban J connectivity index is 0.00000324. The van der Waals surface area contributed by atoms with Crippen molar-refractivity contribution in [1.82, 2.24) is 4.90 Å². The number of nitrogens with two attached hydrogens (primary N) is 1. The quantitative estimate of drug-likeness (QED) is 0.908. The molecule has 0 spiro atoms. The number of benzene rings is 1. The van der Waals surface area contributed by atoms with Gasteiger partial charge in [0.25, 0.3) is 5.91 Å². The Morgan fingerprint density at radius 1 is 1.53 bits per heavy atom. The number of rotatable bonds is 5. The minimum Gasteiger partial charge on any atom is -0.483 e. The molecule has 0 aliphatic carbocycles. The molecule has 1 aromatic carbocycles. The molecule has 0 fully saturated rings. The van der Waals surface area contributed by atoms with Crippen LogP contribution in [0.3, 0.4) is 0 Å². The highest BCUT2D eigenvalue weighted by Crippen LogP contribution is 2.24. The summed E-state index contributed by atoms with van der Waals surface area (Å²) in [7, 11) is 1.72. The van der Waals surface area contributed by atoms with Crippen molar-refractivity contribution in [2.75, 3.05) is 20.2 Å². The number of hydrogen-bond donors (Lipinski definition) is 1. The average Bonchev–Trinajstić information content (AvgIpc) is 2.38.